The fourth-order valence-electron chi connectivity index (χ4n) is 3.80. The molecule has 2 aromatic rings. The summed E-state index contributed by atoms with van der Waals surface area (Å²) in [6.07, 6.45) is 1.15. The van der Waals surface area contributed by atoms with Gasteiger partial charge in [0.1, 0.15) is 0 Å². The lowest BCUT2D eigenvalue weighted by Crippen LogP contribution is -2.31. The van der Waals surface area contributed by atoms with E-state index in [0.717, 1.165) is 19.5 Å². The molecule has 0 fully saturated rings. The lowest BCUT2D eigenvalue weighted by atomic mass is 10.00. The number of fused-ring (bicyclic) bond motifs is 2. The van der Waals surface area contributed by atoms with Crippen molar-refractivity contribution in [3.63, 3.8) is 0 Å². The number of anilines is 3. The Hall–Kier alpha value is -1.42. The summed E-state index contributed by atoms with van der Waals surface area (Å²) >= 11 is 0. The number of hydrogen-bond donors (Lipinski definition) is 1. The van der Waals surface area contributed by atoms with Crippen molar-refractivity contribution < 1.29 is 0 Å². The minimum atomic E-state index is 0. The van der Waals surface area contributed by atoms with Gasteiger partial charge < -0.3 is 15.1 Å². The number of benzene rings is 2. The molecule has 0 amide bonds. The average Bonchev–Trinajstić information content (AvgIpc) is 2.92. The Kier molecular flexibility index (Phi) is 5.45. The third-order valence-electron chi connectivity index (χ3n) is 4.80. The molecule has 0 radical (unpaired) electrons. The van der Waals surface area contributed by atoms with E-state index in [4.69, 9.17) is 0 Å². The number of nitrogens with zero attached hydrogens (tertiary/aromatic N) is 2. The monoisotopic (exact) mass is 351 g/mol. The van der Waals surface area contributed by atoms with Gasteiger partial charge in [0.15, 0.2) is 0 Å². The Bertz CT molecular complexity index is 690. The third kappa shape index (κ3) is 2.67. The Morgan fingerprint density at radius 2 is 1.78 bits per heavy atom. The summed E-state index contributed by atoms with van der Waals surface area (Å²) in [6.45, 7) is 2.04. The van der Waals surface area contributed by atoms with Crippen LogP contribution in [0.2, 0.25) is 0 Å². The first-order valence-corrected chi connectivity index (χ1v) is 7.67. The first-order chi connectivity index (χ1) is 10.3. The maximum atomic E-state index is 3.36. The topological polar surface area (TPSA) is 18.5 Å². The summed E-state index contributed by atoms with van der Waals surface area (Å²) in [5.41, 5.74) is 7.03. The number of rotatable bonds is 2. The van der Waals surface area contributed by atoms with Crippen molar-refractivity contribution in [1.29, 1.82) is 0 Å². The lowest BCUT2D eigenvalue weighted by Gasteiger charge is -2.30. The van der Waals surface area contributed by atoms with Crippen LogP contribution in [-0.2, 0) is 6.42 Å². The SMILES string of the molecule is CNCC1c2cccc3c2N(CC3)c2ccccc2N1C.Cl.Cl. The smallest absolute Gasteiger partial charge is 0.0684 e. The maximum absolute atomic E-state index is 3.36. The number of halogens is 2. The maximum Gasteiger partial charge on any atom is 0.0684 e. The second kappa shape index (κ2) is 7.00. The predicted molar refractivity (Wildman–Crippen MR) is 103 cm³/mol. The van der Waals surface area contributed by atoms with Gasteiger partial charge in [-0.05, 0) is 36.7 Å². The highest BCUT2D eigenvalue weighted by Crippen LogP contribution is 2.48. The molecule has 4 rings (SSSR count). The molecule has 124 valence electrons. The molecule has 0 saturated heterocycles. The molecule has 1 N–H and O–H groups in total. The van der Waals surface area contributed by atoms with E-state index >= 15 is 0 Å². The molecule has 1 unspecified atom stereocenters. The predicted octanol–water partition coefficient (Wildman–Crippen LogP) is 3.93. The van der Waals surface area contributed by atoms with E-state index in [0.29, 0.717) is 6.04 Å². The molecular formula is C18H23Cl2N3. The van der Waals surface area contributed by atoms with Crippen LogP contribution in [0.15, 0.2) is 42.5 Å². The quantitative estimate of drug-likeness (QED) is 0.883. The molecule has 23 heavy (non-hydrogen) atoms. The van der Waals surface area contributed by atoms with Crippen LogP contribution in [0.3, 0.4) is 0 Å². The number of para-hydroxylation sites is 3. The van der Waals surface area contributed by atoms with Gasteiger partial charge in [0.05, 0.1) is 17.4 Å². The minimum Gasteiger partial charge on any atom is -0.364 e. The number of hydrogen-bond acceptors (Lipinski definition) is 3. The van der Waals surface area contributed by atoms with Crippen molar-refractivity contribution in [2.75, 3.05) is 37.0 Å². The average molecular weight is 352 g/mol. The highest BCUT2D eigenvalue weighted by molar-refractivity contribution is 5.86. The minimum absolute atomic E-state index is 0. The highest BCUT2D eigenvalue weighted by Gasteiger charge is 2.33. The lowest BCUT2D eigenvalue weighted by molar-refractivity contribution is 0.621. The molecule has 0 saturated carbocycles. The van der Waals surface area contributed by atoms with Crippen LogP contribution >= 0.6 is 24.8 Å². The van der Waals surface area contributed by atoms with Gasteiger partial charge in [-0.3, -0.25) is 0 Å². The summed E-state index contributed by atoms with van der Waals surface area (Å²) in [5.74, 6) is 0. The van der Waals surface area contributed by atoms with Gasteiger partial charge in [0.25, 0.3) is 0 Å². The van der Waals surface area contributed by atoms with Gasteiger partial charge in [-0.1, -0.05) is 30.3 Å². The van der Waals surface area contributed by atoms with Crippen LogP contribution < -0.4 is 15.1 Å². The zero-order chi connectivity index (χ0) is 14.4. The molecule has 0 spiro atoms. The van der Waals surface area contributed by atoms with Gasteiger partial charge in [0, 0.05) is 25.8 Å². The van der Waals surface area contributed by atoms with E-state index in [1.807, 2.05) is 7.05 Å². The van der Waals surface area contributed by atoms with Crippen molar-refractivity contribution in [2.24, 2.45) is 0 Å². The molecule has 5 heteroatoms. The number of nitrogens with one attached hydrogen (secondary N) is 1. The summed E-state index contributed by atoms with van der Waals surface area (Å²) < 4.78 is 0. The van der Waals surface area contributed by atoms with Crippen LogP contribution in [0.1, 0.15) is 17.2 Å². The van der Waals surface area contributed by atoms with Crippen molar-refractivity contribution in [2.45, 2.75) is 12.5 Å². The second-order valence-corrected chi connectivity index (χ2v) is 5.93. The van der Waals surface area contributed by atoms with Crippen molar-refractivity contribution in [3.05, 3.63) is 53.6 Å². The van der Waals surface area contributed by atoms with Crippen LogP contribution in [0.5, 0.6) is 0 Å². The van der Waals surface area contributed by atoms with E-state index in [9.17, 15) is 0 Å². The van der Waals surface area contributed by atoms with Crippen molar-refractivity contribution >= 4 is 41.9 Å². The molecule has 2 aliphatic rings. The molecular weight excluding hydrogens is 329 g/mol. The summed E-state index contributed by atoms with van der Waals surface area (Å²) in [5, 5.41) is 3.36. The van der Waals surface area contributed by atoms with Gasteiger partial charge in [-0.25, -0.2) is 0 Å². The van der Waals surface area contributed by atoms with Crippen LogP contribution in [0.25, 0.3) is 0 Å². The standard InChI is InChI=1S/C18H21N3.2ClH/c1-19-12-17-14-7-5-6-13-10-11-21(18(13)14)16-9-4-3-8-15(16)20(17)2;;/h3-9,17,19H,10-12H2,1-2H3;2*1H. The summed E-state index contributed by atoms with van der Waals surface area (Å²) in [4.78, 5) is 4.92. The van der Waals surface area contributed by atoms with E-state index in [1.165, 1.54) is 28.2 Å². The van der Waals surface area contributed by atoms with Crippen LogP contribution in [-0.4, -0.2) is 27.2 Å². The zero-order valence-corrected chi connectivity index (χ0v) is 15.1. The third-order valence-corrected chi connectivity index (χ3v) is 4.80. The fourth-order valence-corrected chi connectivity index (χ4v) is 3.80. The molecule has 2 aliphatic heterocycles. The van der Waals surface area contributed by atoms with Crippen LogP contribution in [0.4, 0.5) is 17.1 Å². The molecule has 3 nitrogen and oxygen atoms in total. The Balaban J connectivity index is 0.000000960. The van der Waals surface area contributed by atoms with E-state index < -0.39 is 0 Å². The van der Waals surface area contributed by atoms with E-state index in [1.54, 1.807) is 0 Å². The molecule has 2 aromatic carbocycles. The Morgan fingerprint density at radius 1 is 1.04 bits per heavy atom. The summed E-state index contributed by atoms with van der Waals surface area (Å²) in [6, 6.07) is 15.9. The first kappa shape index (κ1) is 17.9. The molecule has 1 atom stereocenters. The molecule has 2 heterocycles. The first-order valence-electron chi connectivity index (χ1n) is 7.67. The normalized spacial score (nSPS) is 17.6. The van der Waals surface area contributed by atoms with Crippen molar-refractivity contribution in [3.8, 4) is 0 Å². The largest absolute Gasteiger partial charge is 0.364 e. The summed E-state index contributed by atoms with van der Waals surface area (Å²) in [7, 11) is 4.24. The molecule has 0 aliphatic carbocycles. The molecule has 0 aromatic heterocycles. The van der Waals surface area contributed by atoms with Gasteiger partial charge in [-0.15, -0.1) is 24.8 Å². The van der Waals surface area contributed by atoms with E-state index in [-0.39, 0.29) is 24.8 Å². The fraction of sp³-hybridized carbons (Fsp3) is 0.333. The van der Waals surface area contributed by atoms with Crippen molar-refractivity contribution in [1.82, 2.24) is 5.32 Å². The Labute approximate surface area is 150 Å². The van der Waals surface area contributed by atoms with Gasteiger partial charge in [0.2, 0.25) is 0 Å². The second-order valence-electron chi connectivity index (χ2n) is 5.93. The Morgan fingerprint density at radius 3 is 2.52 bits per heavy atom. The molecule has 0 bridgehead atoms. The van der Waals surface area contributed by atoms with Gasteiger partial charge in [-0.2, -0.15) is 0 Å². The number of likely N-dealkylation sites (N-methyl/N-ethyl adjacent to an activating group) is 2. The van der Waals surface area contributed by atoms with E-state index in [2.05, 4.69) is 64.6 Å². The van der Waals surface area contributed by atoms with Crippen LogP contribution in [0, 0.1) is 0 Å². The highest BCUT2D eigenvalue weighted by atomic mass is 35.5. The zero-order valence-electron chi connectivity index (χ0n) is 13.5. The van der Waals surface area contributed by atoms with Gasteiger partial charge >= 0.3 is 0 Å².